The minimum absolute atomic E-state index is 0.0564. The fourth-order valence-corrected chi connectivity index (χ4v) is 3.19. The van der Waals surface area contributed by atoms with E-state index in [4.69, 9.17) is 11.6 Å². The van der Waals surface area contributed by atoms with Crippen LogP contribution in [0.4, 0.5) is 5.69 Å². The zero-order chi connectivity index (χ0) is 16.4. The van der Waals surface area contributed by atoms with Crippen LogP contribution in [-0.4, -0.2) is 21.1 Å². The molecule has 1 amide bonds. The smallest absolute Gasteiger partial charge is 0.237 e. The summed E-state index contributed by atoms with van der Waals surface area (Å²) >= 11 is 7.35. The first-order valence-corrected chi connectivity index (χ1v) is 8.46. The number of aromatic amines is 1. The van der Waals surface area contributed by atoms with Crippen molar-refractivity contribution in [1.82, 2.24) is 9.97 Å². The van der Waals surface area contributed by atoms with Crippen molar-refractivity contribution in [3.63, 3.8) is 0 Å². The van der Waals surface area contributed by atoms with Crippen molar-refractivity contribution < 1.29 is 4.79 Å². The minimum atomic E-state index is -0.272. The van der Waals surface area contributed by atoms with Crippen LogP contribution in [-0.2, 0) is 4.79 Å². The number of imidazole rings is 1. The third-order valence-corrected chi connectivity index (χ3v) is 4.58. The SMILES string of the molecule is Cc1cccc(NC(=O)[C@H](C)Sc2nc3ccc(Cl)cc3[nH]2)c1. The summed E-state index contributed by atoms with van der Waals surface area (Å²) in [6, 6.07) is 13.2. The third-order valence-electron chi connectivity index (χ3n) is 3.37. The van der Waals surface area contributed by atoms with Gasteiger partial charge in [-0.2, -0.15) is 0 Å². The Morgan fingerprint density at radius 2 is 2.13 bits per heavy atom. The van der Waals surface area contributed by atoms with Crippen molar-refractivity contribution in [2.24, 2.45) is 0 Å². The molecular formula is C17H16ClN3OS. The third kappa shape index (κ3) is 3.86. The molecule has 1 aromatic heterocycles. The van der Waals surface area contributed by atoms with E-state index in [0.717, 1.165) is 22.3 Å². The molecule has 0 unspecified atom stereocenters. The molecule has 0 bridgehead atoms. The molecule has 23 heavy (non-hydrogen) atoms. The number of halogens is 1. The van der Waals surface area contributed by atoms with Crippen LogP contribution in [0.5, 0.6) is 0 Å². The molecule has 0 aliphatic heterocycles. The molecule has 0 aliphatic rings. The monoisotopic (exact) mass is 345 g/mol. The fourth-order valence-electron chi connectivity index (χ4n) is 2.20. The minimum Gasteiger partial charge on any atom is -0.333 e. The molecule has 0 saturated heterocycles. The average Bonchev–Trinajstić information content (AvgIpc) is 2.88. The summed E-state index contributed by atoms with van der Waals surface area (Å²) in [7, 11) is 0. The van der Waals surface area contributed by atoms with Crippen molar-refractivity contribution in [1.29, 1.82) is 0 Å². The lowest BCUT2D eigenvalue weighted by atomic mass is 10.2. The van der Waals surface area contributed by atoms with Crippen molar-refractivity contribution in [2.45, 2.75) is 24.3 Å². The molecule has 3 rings (SSSR count). The number of hydrogen-bond donors (Lipinski definition) is 2. The van der Waals surface area contributed by atoms with Gasteiger partial charge in [0.25, 0.3) is 0 Å². The highest BCUT2D eigenvalue weighted by molar-refractivity contribution is 8.00. The molecule has 2 N–H and O–H groups in total. The normalized spacial score (nSPS) is 12.3. The standard InChI is InChI=1S/C17H16ClN3OS/c1-10-4-3-5-13(8-10)19-16(22)11(2)23-17-20-14-7-6-12(18)9-15(14)21-17/h3-9,11H,1-2H3,(H,19,22)(H,20,21)/t11-/m0/s1. The number of H-pyrrole nitrogens is 1. The number of hydrogen-bond acceptors (Lipinski definition) is 3. The van der Waals surface area contributed by atoms with Gasteiger partial charge in [0, 0.05) is 10.7 Å². The highest BCUT2D eigenvalue weighted by atomic mass is 35.5. The van der Waals surface area contributed by atoms with Crippen LogP contribution in [0.15, 0.2) is 47.6 Å². The first-order chi connectivity index (χ1) is 11.0. The van der Waals surface area contributed by atoms with E-state index >= 15 is 0 Å². The number of fused-ring (bicyclic) bond motifs is 1. The summed E-state index contributed by atoms with van der Waals surface area (Å²) < 4.78 is 0. The number of amides is 1. The number of rotatable bonds is 4. The number of carbonyl (C=O) groups is 1. The van der Waals surface area contributed by atoms with Gasteiger partial charge in [-0.1, -0.05) is 35.5 Å². The molecule has 6 heteroatoms. The van der Waals surface area contributed by atoms with Crippen molar-refractivity contribution in [3.05, 3.63) is 53.1 Å². The van der Waals surface area contributed by atoms with E-state index in [9.17, 15) is 4.79 Å². The summed E-state index contributed by atoms with van der Waals surface area (Å²) in [6.07, 6.45) is 0. The summed E-state index contributed by atoms with van der Waals surface area (Å²) in [5.41, 5.74) is 3.62. The first kappa shape index (κ1) is 15.9. The van der Waals surface area contributed by atoms with Crippen LogP contribution in [0.25, 0.3) is 11.0 Å². The quantitative estimate of drug-likeness (QED) is 0.677. The zero-order valence-electron chi connectivity index (χ0n) is 12.8. The van der Waals surface area contributed by atoms with E-state index in [-0.39, 0.29) is 11.2 Å². The molecular weight excluding hydrogens is 330 g/mol. The number of nitrogens with one attached hydrogen (secondary N) is 2. The second-order valence-corrected chi connectivity index (χ2v) is 7.09. The number of benzene rings is 2. The number of anilines is 1. The maximum absolute atomic E-state index is 12.3. The Morgan fingerprint density at radius 1 is 1.30 bits per heavy atom. The fraction of sp³-hybridized carbons (Fsp3) is 0.176. The maximum atomic E-state index is 12.3. The van der Waals surface area contributed by atoms with Gasteiger partial charge in [-0.3, -0.25) is 4.79 Å². The number of aryl methyl sites for hydroxylation is 1. The van der Waals surface area contributed by atoms with Crippen LogP contribution >= 0.6 is 23.4 Å². The zero-order valence-corrected chi connectivity index (χ0v) is 14.3. The highest BCUT2D eigenvalue weighted by Gasteiger charge is 2.17. The molecule has 3 aromatic rings. The first-order valence-electron chi connectivity index (χ1n) is 7.21. The van der Waals surface area contributed by atoms with Crippen molar-refractivity contribution in [2.75, 3.05) is 5.32 Å². The molecule has 1 atom stereocenters. The number of thioether (sulfide) groups is 1. The predicted octanol–water partition coefficient (Wildman–Crippen LogP) is 4.64. The van der Waals surface area contributed by atoms with Crippen molar-refractivity contribution >= 4 is 46.0 Å². The van der Waals surface area contributed by atoms with E-state index < -0.39 is 0 Å². The lowest BCUT2D eigenvalue weighted by molar-refractivity contribution is -0.115. The molecule has 4 nitrogen and oxygen atoms in total. The maximum Gasteiger partial charge on any atom is 0.237 e. The van der Waals surface area contributed by atoms with Gasteiger partial charge >= 0.3 is 0 Å². The van der Waals surface area contributed by atoms with Crippen LogP contribution in [0.1, 0.15) is 12.5 Å². The molecule has 118 valence electrons. The van der Waals surface area contributed by atoms with Gasteiger partial charge in [-0.25, -0.2) is 4.98 Å². The van der Waals surface area contributed by atoms with Crippen molar-refractivity contribution in [3.8, 4) is 0 Å². The van der Waals surface area contributed by atoms with E-state index in [1.54, 1.807) is 6.07 Å². The number of nitrogens with zero attached hydrogens (tertiary/aromatic N) is 1. The van der Waals surface area contributed by atoms with Gasteiger partial charge in [-0.15, -0.1) is 0 Å². The van der Waals surface area contributed by atoms with Crippen LogP contribution in [0, 0.1) is 6.92 Å². The summed E-state index contributed by atoms with van der Waals surface area (Å²) in [5.74, 6) is -0.0564. The number of aromatic nitrogens is 2. The van der Waals surface area contributed by atoms with Gasteiger partial charge in [0.1, 0.15) is 0 Å². The van der Waals surface area contributed by atoms with Crippen LogP contribution in [0.3, 0.4) is 0 Å². The Balaban J connectivity index is 1.69. The second-order valence-electron chi connectivity index (χ2n) is 5.32. The largest absolute Gasteiger partial charge is 0.333 e. The highest BCUT2D eigenvalue weighted by Crippen LogP contribution is 2.25. The van der Waals surface area contributed by atoms with Gasteiger partial charge in [-0.05, 0) is 49.7 Å². The Hall–Kier alpha value is -1.98. The number of carbonyl (C=O) groups excluding carboxylic acids is 1. The van der Waals surface area contributed by atoms with Gasteiger partial charge in [0.15, 0.2) is 5.16 Å². The van der Waals surface area contributed by atoms with Gasteiger partial charge in [0.05, 0.1) is 16.3 Å². The van der Waals surface area contributed by atoms with E-state index in [1.807, 2.05) is 50.2 Å². The molecule has 0 radical (unpaired) electrons. The lowest BCUT2D eigenvalue weighted by Gasteiger charge is -2.10. The summed E-state index contributed by atoms with van der Waals surface area (Å²) in [4.78, 5) is 20.0. The molecule has 1 heterocycles. The van der Waals surface area contributed by atoms with Crippen LogP contribution < -0.4 is 5.32 Å². The van der Waals surface area contributed by atoms with Gasteiger partial charge < -0.3 is 10.3 Å². The Bertz CT molecular complexity index is 862. The Kier molecular flexibility index (Phi) is 4.59. The molecule has 0 saturated carbocycles. The predicted molar refractivity (Wildman–Crippen MR) is 96.2 cm³/mol. The second kappa shape index (κ2) is 6.64. The molecule has 0 aliphatic carbocycles. The Morgan fingerprint density at radius 3 is 2.91 bits per heavy atom. The van der Waals surface area contributed by atoms with E-state index in [1.165, 1.54) is 11.8 Å². The van der Waals surface area contributed by atoms with Gasteiger partial charge in [0.2, 0.25) is 5.91 Å². The molecule has 2 aromatic carbocycles. The Labute approximate surface area is 143 Å². The average molecular weight is 346 g/mol. The van der Waals surface area contributed by atoms with Crippen LogP contribution in [0.2, 0.25) is 5.02 Å². The topological polar surface area (TPSA) is 57.8 Å². The van der Waals surface area contributed by atoms with E-state index in [0.29, 0.717) is 10.2 Å². The molecule has 0 fully saturated rings. The lowest BCUT2D eigenvalue weighted by Crippen LogP contribution is -2.22. The molecule has 0 spiro atoms. The summed E-state index contributed by atoms with van der Waals surface area (Å²) in [6.45, 7) is 3.85. The summed E-state index contributed by atoms with van der Waals surface area (Å²) in [5, 5.41) is 4.01. The van der Waals surface area contributed by atoms with E-state index in [2.05, 4.69) is 15.3 Å².